The molecule has 5 heteroatoms. The van der Waals surface area contributed by atoms with Crippen molar-refractivity contribution < 1.29 is 9.84 Å². The summed E-state index contributed by atoms with van der Waals surface area (Å²) in [4.78, 5) is 1.10. The second-order valence-electron chi connectivity index (χ2n) is 4.37. The number of hydrogen-bond donors (Lipinski definition) is 1. The van der Waals surface area contributed by atoms with Crippen molar-refractivity contribution in [3.8, 4) is 11.8 Å². The first-order valence-corrected chi connectivity index (χ1v) is 8.14. The van der Waals surface area contributed by atoms with E-state index in [1.54, 1.807) is 36.0 Å². The third kappa shape index (κ3) is 5.43. The number of thioether (sulfide) groups is 1. The van der Waals surface area contributed by atoms with Crippen LogP contribution in [0.2, 0.25) is 0 Å². The van der Waals surface area contributed by atoms with Crippen molar-refractivity contribution in [2.75, 3.05) is 12.4 Å². The van der Waals surface area contributed by atoms with E-state index in [4.69, 9.17) is 10.00 Å². The van der Waals surface area contributed by atoms with Crippen LogP contribution in [0.3, 0.4) is 0 Å². The molecule has 21 heavy (non-hydrogen) atoms. The predicted molar refractivity (Wildman–Crippen MR) is 87.5 cm³/mol. The maximum atomic E-state index is 9.93. The quantitative estimate of drug-likeness (QED) is 0.791. The van der Waals surface area contributed by atoms with Gasteiger partial charge in [-0.3, -0.25) is 0 Å². The van der Waals surface area contributed by atoms with Gasteiger partial charge in [0.1, 0.15) is 12.4 Å². The van der Waals surface area contributed by atoms with Crippen molar-refractivity contribution in [3.63, 3.8) is 0 Å². The Morgan fingerprint density at radius 2 is 2.00 bits per heavy atom. The molecular weight excluding hydrogens is 350 g/mol. The summed E-state index contributed by atoms with van der Waals surface area (Å²) in [6, 6.07) is 16.8. The van der Waals surface area contributed by atoms with Gasteiger partial charge in [-0.15, -0.1) is 11.8 Å². The van der Waals surface area contributed by atoms with E-state index in [-0.39, 0.29) is 6.61 Å². The molecular formula is C16H14BrNO2S. The Bertz CT molecular complexity index is 625. The van der Waals surface area contributed by atoms with Gasteiger partial charge in [0.2, 0.25) is 0 Å². The van der Waals surface area contributed by atoms with Crippen molar-refractivity contribution in [1.29, 1.82) is 5.26 Å². The van der Waals surface area contributed by atoms with Gasteiger partial charge in [-0.1, -0.05) is 22.0 Å². The molecule has 0 radical (unpaired) electrons. The fourth-order valence-corrected chi connectivity index (χ4v) is 3.03. The van der Waals surface area contributed by atoms with Crippen LogP contribution in [0, 0.1) is 11.3 Å². The van der Waals surface area contributed by atoms with Crippen molar-refractivity contribution in [2.45, 2.75) is 11.0 Å². The third-order valence-corrected chi connectivity index (χ3v) is 4.30. The minimum Gasteiger partial charge on any atom is -0.491 e. The molecule has 1 atom stereocenters. The highest BCUT2D eigenvalue weighted by Gasteiger charge is 2.07. The molecule has 0 aliphatic carbocycles. The van der Waals surface area contributed by atoms with Gasteiger partial charge in [-0.25, -0.2) is 0 Å². The average Bonchev–Trinajstić information content (AvgIpc) is 2.51. The summed E-state index contributed by atoms with van der Waals surface area (Å²) in [6.45, 7) is 0.229. The fraction of sp³-hybridized carbons (Fsp3) is 0.188. The Kier molecular flexibility index (Phi) is 6.12. The van der Waals surface area contributed by atoms with Gasteiger partial charge in [-0.05, 0) is 42.5 Å². The lowest BCUT2D eigenvalue weighted by Gasteiger charge is -2.12. The van der Waals surface area contributed by atoms with E-state index in [1.165, 1.54) is 0 Å². The molecule has 0 heterocycles. The van der Waals surface area contributed by atoms with Gasteiger partial charge in [0.25, 0.3) is 0 Å². The summed E-state index contributed by atoms with van der Waals surface area (Å²) in [5.41, 5.74) is 0.591. The Balaban J connectivity index is 1.76. The largest absolute Gasteiger partial charge is 0.491 e. The number of aliphatic hydroxyl groups is 1. The molecule has 2 aromatic carbocycles. The van der Waals surface area contributed by atoms with E-state index in [0.717, 1.165) is 9.37 Å². The molecule has 0 amide bonds. The Hall–Kier alpha value is -1.48. The first-order chi connectivity index (χ1) is 10.2. The number of ether oxygens (including phenoxy) is 1. The lowest BCUT2D eigenvalue weighted by Crippen LogP contribution is -2.20. The number of nitrogens with zero attached hydrogens (tertiary/aromatic N) is 1. The molecule has 0 spiro atoms. The molecule has 0 aromatic heterocycles. The minimum atomic E-state index is -0.551. The Labute approximate surface area is 136 Å². The first-order valence-electron chi connectivity index (χ1n) is 6.37. The molecule has 0 bridgehead atoms. The molecule has 0 aliphatic heterocycles. The standard InChI is InChI=1S/C16H14BrNO2S/c17-13-2-1-3-16(8-13)21-11-14(19)10-20-15-6-4-12(9-18)5-7-15/h1-8,14,19H,10-11H2. The van der Waals surface area contributed by atoms with E-state index >= 15 is 0 Å². The molecule has 2 aromatic rings. The van der Waals surface area contributed by atoms with Crippen LogP contribution in [0.4, 0.5) is 0 Å². The molecule has 3 nitrogen and oxygen atoms in total. The van der Waals surface area contributed by atoms with Crippen LogP contribution >= 0.6 is 27.7 Å². The lowest BCUT2D eigenvalue weighted by atomic mass is 10.2. The molecule has 0 fully saturated rings. The van der Waals surface area contributed by atoms with Gasteiger partial charge in [0.15, 0.2) is 0 Å². The smallest absolute Gasteiger partial charge is 0.119 e. The summed E-state index contributed by atoms with van der Waals surface area (Å²) in [5.74, 6) is 1.22. The fourth-order valence-electron chi connectivity index (χ4n) is 1.62. The highest BCUT2D eigenvalue weighted by molar-refractivity contribution is 9.10. The number of aliphatic hydroxyl groups excluding tert-OH is 1. The van der Waals surface area contributed by atoms with Crippen LogP contribution < -0.4 is 4.74 Å². The molecule has 0 saturated heterocycles. The maximum Gasteiger partial charge on any atom is 0.119 e. The summed E-state index contributed by atoms with van der Waals surface area (Å²) < 4.78 is 6.52. The Morgan fingerprint density at radius 3 is 2.67 bits per heavy atom. The third-order valence-electron chi connectivity index (χ3n) is 2.66. The predicted octanol–water partition coefficient (Wildman–Crippen LogP) is 3.85. The van der Waals surface area contributed by atoms with Gasteiger partial charge >= 0.3 is 0 Å². The van der Waals surface area contributed by atoms with Crippen molar-refractivity contribution in [1.82, 2.24) is 0 Å². The molecule has 0 saturated carbocycles. The van der Waals surface area contributed by atoms with Crippen molar-refractivity contribution >= 4 is 27.7 Å². The van der Waals surface area contributed by atoms with Crippen LogP contribution in [0.1, 0.15) is 5.56 Å². The van der Waals surface area contributed by atoms with Crippen LogP contribution in [0.15, 0.2) is 57.9 Å². The maximum absolute atomic E-state index is 9.93. The highest BCUT2D eigenvalue weighted by atomic mass is 79.9. The SMILES string of the molecule is N#Cc1ccc(OCC(O)CSc2cccc(Br)c2)cc1. The van der Waals surface area contributed by atoms with Gasteiger partial charge in [0, 0.05) is 15.1 Å². The van der Waals surface area contributed by atoms with E-state index in [0.29, 0.717) is 17.1 Å². The molecule has 1 N–H and O–H groups in total. The highest BCUT2D eigenvalue weighted by Crippen LogP contribution is 2.22. The van der Waals surface area contributed by atoms with E-state index in [2.05, 4.69) is 15.9 Å². The number of benzene rings is 2. The number of rotatable bonds is 6. The monoisotopic (exact) mass is 363 g/mol. The zero-order chi connectivity index (χ0) is 15.1. The molecule has 1 unspecified atom stereocenters. The summed E-state index contributed by atoms with van der Waals surface area (Å²) in [6.07, 6.45) is -0.551. The Morgan fingerprint density at radius 1 is 1.24 bits per heavy atom. The topological polar surface area (TPSA) is 53.2 Å². The van der Waals surface area contributed by atoms with Crippen LogP contribution in [-0.4, -0.2) is 23.6 Å². The summed E-state index contributed by atoms with van der Waals surface area (Å²) in [5, 5.41) is 18.6. The second kappa shape index (κ2) is 8.08. The van der Waals surface area contributed by atoms with Crippen LogP contribution in [0.5, 0.6) is 5.75 Å². The lowest BCUT2D eigenvalue weighted by molar-refractivity contribution is 0.126. The summed E-state index contributed by atoms with van der Waals surface area (Å²) >= 11 is 5.00. The number of halogens is 1. The minimum absolute atomic E-state index is 0.229. The van der Waals surface area contributed by atoms with E-state index < -0.39 is 6.10 Å². The average molecular weight is 364 g/mol. The van der Waals surface area contributed by atoms with E-state index in [1.807, 2.05) is 30.3 Å². The van der Waals surface area contributed by atoms with Crippen LogP contribution in [-0.2, 0) is 0 Å². The van der Waals surface area contributed by atoms with Gasteiger partial charge in [0.05, 0.1) is 17.7 Å². The molecule has 2 rings (SSSR count). The summed E-state index contributed by atoms with van der Waals surface area (Å²) in [7, 11) is 0. The van der Waals surface area contributed by atoms with Crippen LogP contribution in [0.25, 0.3) is 0 Å². The van der Waals surface area contributed by atoms with Crippen molar-refractivity contribution in [2.24, 2.45) is 0 Å². The van der Waals surface area contributed by atoms with Gasteiger partial charge in [-0.2, -0.15) is 5.26 Å². The van der Waals surface area contributed by atoms with E-state index in [9.17, 15) is 5.11 Å². The molecule has 0 aliphatic rings. The van der Waals surface area contributed by atoms with Gasteiger partial charge < -0.3 is 9.84 Å². The molecule has 108 valence electrons. The zero-order valence-electron chi connectivity index (χ0n) is 11.2. The number of hydrogen-bond acceptors (Lipinski definition) is 4. The first kappa shape index (κ1) is 15.9. The zero-order valence-corrected chi connectivity index (χ0v) is 13.6. The normalized spacial score (nSPS) is 11.7. The van der Waals surface area contributed by atoms with Crippen molar-refractivity contribution in [3.05, 3.63) is 58.6 Å². The number of nitriles is 1. The second-order valence-corrected chi connectivity index (χ2v) is 6.38.